The van der Waals surface area contributed by atoms with Crippen LogP contribution in [0.2, 0.25) is 0 Å². The van der Waals surface area contributed by atoms with E-state index >= 15 is 0 Å². The zero-order valence-electron chi connectivity index (χ0n) is 18.4. The highest BCUT2D eigenvalue weighted by atomic mass is 16.5. The predicted octanol–water partition coefficient (Wildman–Crippen LogP) is 1.82. The van der Waals surface area contributed by atoms with Crippen LogP contribution in [0.5, 0.6) is 5.75 Å². The van der Waals surface area contributed by atoms with Gasteiger partial charge in [-0.25, -0.2) is 5.10 Å². The first-order valence-electron chi connectivity index (χ1n) is 10.6. The van der Waals surface area contributed by atoms with E-state index in [0.717, 1.165) is 22.2 Å². The van der Waals surface area contributed by atoms with Crippen LogP contribution in [-0.4, -0.2) is 46.7 Å². The molecule has 4 aromatic rings. The van der Waals surface area contributed by atoms with Crippen molar-refractivity contribution in [2.24, 2.45) is 0 Å². The number of benzene rings is 2. The molecule has 2 heterocycles. The molecule has 170 valence electrons. The number of nitrogens with one attached hydrogen (secondary N) is 4. The normalized spacial score (nSPS) is 11.9. The minimum atomic E-state index is -0.713. The molecule has 0 saturated heterocycles. The Hall–Kier alpha value is -4.14. The van der Waals surface area contributed by atoms with Crippen molar-refractivity contribution in [3.05, 3.63) is 70.3 Å². The van der Waals surface area contributed by atoms with E-state index in [1.807, 2.05) is 24.4 Å². The third-order valence-electron chi connectivity index (χ3n) is 5.54. The van der Waals surface area contributed by atoms with Gasteiger partial charge in [-0.3, -0.25) is 14.4 Å². The fourth-order valence-electron chi connectivity index (χ4n) is 3.78. The van der Waals surface area contributed by atoms with Gasteiger partial charge in [-0.1, -0.05) is 18.2 Å². The zero-order valence-corrected chi connectivity index (χ0v) is 18.4. The number of rotatable bonds is 8. The fourth-order valence-corrected chi connectivity index (χ4v) is 3.78. The lowest BCUT2D eigenvalue weighted by molar-refractivity contribution is -0.128. The summed E-state index contributed by atoms with van der Waals surface area (Å²) in [6.45, 7) is 2.05. The Kier molecular flexibility index (Phi) is 6.39. The molecule has 0 saturated carbocycles. The minimum Gasteiger partial charge on any atom is -0.497 e. The molecule has 0 unspecified atom stereocenters. The summed E-state index contributed by atoms with van der Waals surface area (Å²) in [4.78, 5) is 40.1. The average molecular weight is 447 g/mol. The molecule has 2 aromatic carbocycles. The quantitative estimate of drug-likeness (QED) is 0.327. The van der Waals surface area contributed by atoms with E-state index in [4.69, 9.17) is 4.74 Å². The Morgan fingerprint density at radius 1 is 1.12 bits per heavy atom. The molecule has 4 rings (SSSR count). The number of carbonyl (C=O) groups excluding carboxylic acids is 2. The molecule has 0 bridgehead atoms. The highest BCUT2D eigenvalue weighted by Crippen LogP contribution is 2.23. The van der Waals surface area contributed by atoms with E-state index in [1.54, 1.807) is 38.3 Å². The highest BCUT2D eigenvalue weighted by Gasteiger charge is 2.17. The molecule has 33 heavy (non-hydrogen) atoms. The number of carbonyl (C=O) groups is 2. The number of aromatic amines is 2. The number of nitrogens with zero attached hydrogens (tertiary/aromatic N) is 1. The second-order valence-electron chi connectivity index (χ2n) is 7.78. The molecule has 0 spiro atoms. The first-order valence-corrected chi connectivity index (χ1v) is 10.6. The summed E-state index contributed by atoms with van der Waals surface area (Å²) < 4.78 is 5.28. The van der Waals surface area contributed by atoms with Gasteiger partial charge in [0.1, 0.15) is 11.8 Å². The van der Waals surface area contributed by atoms with Crippen LogP contribution in [0.25, 0.3) is 21.7 Å². The standard InChI is InChI=1S/C24H25N5O4/c1-14(27-22(30)12-21-17-5-3-4-6-18(17)24(32)29-28-21)23(31)25-10-9-15-13-26-20-8-7-16(33-2)11-19(15)20/h3-8,11,13-14,26H,9-10,12H2,1-2H3,(H,25,31)(H,27,30)(H,29,32)/t14-/m0/s1. The van der Waals surface area contributed by atoms with E-state index in [2.05, 4.69) is 25.8 Å². The number of fused-ring (bicyclic) bond motifs is 2. The van der Waals surface area contributed by atoms with Gasteiger partial charge in [-0.05, 0) is 43.2 Å². The molecule has 4 N–H and O–H groups in total. The number of amides is 2. The van der Waals surface area contributed by atoms with E-state index in [-0.39, 0.29) is 23.8 Å². The van der Waals surface area contributed by atoms with Crippen molar-refractivity contribution < 1.29 is 14.3 Å². The van der Waals surface area contributed by atoms with Crippen LogP contribution in [0.15, 0.2) is 53.5 Å². The van der Waals surface area contributed by atoms with E-state index < -0.39 is 6.04 Å². The molecule has 0 aliphatic carbocycles. The summed E-state index contributed by atoms with van der Waals surface area (Å²) >= 11 is 0. The SMILES string of the molecule is COc1ccc2[nH]cc(CCNC(=O)[C@H](C)NC(=O)Cc3n[nH]c(=O)c4ccccc34)c2c1. The second kappa shape index (κ2) is 9.56. The summed E-state index contributed by atoms with van der Waals surface area (Å²) in [7, 11) is 1.62. The zero-order chi connectivity index (χ0) is 23.4. The number of ether oxygens (including phenoxy) is 1. The van der Waals surface area contributed by atoms with Gasteiger partial charge in [-0.15, -0.1) is 0 Å². The first-order chi connectivity index (χ1) is 16.0. The van der Waals surface area contributed by atoms with Crippen molar-refractivity contribution >= 4 is 33.5 Å². The third-order valence-corrected chi connectivity index (χ3v) is 5.54. The number of H-pyrrole nitrogens is 2. The highest BCUT2D eigenvalue weighted by molar-refractivity contribution is 5.91. The van der Waals surface area contributed by atoms with Gasteiger partial charge in [0.15, 0.2) is 0 Å². The Morgan fingerprint density at radius 3 is 2.70 bits per heavy atom. The number of hydrogen-bond donors (Lipinski definition) is 4. The predicted molar refractivity (Wildman–Crippen MR) is 125 cm³/mol. The lowest BCUT2D eigenvalue weighted by Crippen LogP contribution is -2.45. The molecule has 0 aliphatic rings. The van der Waals surface area contributed by atoms with Crippen LogP contribution < -0.4 is 20.9 Å². The molecule has 2 amide bonds. The molecule has 9 nitrogen and oxygen atoms in total. The van der Waals surface area contributed by atoms with Crippen molar-refractivity contribution in [1.29, 1.82) is 0 Å². The van der Waals surface area contributed by atoms with Crippen molar-refractivity contribution in [2.75, 3.05) is 13.7 Å². The Labute approximate surface area is 189 Å². The molecule has 0 radical (unpaired) electrons. The topological polar surface area (TPSA) is 129 Å². The third kappa shape index (κ3) is 4.87. The monoisotopic (exact) mass is 447 g/mol. The van der Waals surface area contributed by atoms with Crippen LogP contribution in [0.1, 0.15) is 18.2 Å². The van der Waals surface area contributed by atoms with Crippen molar-refractivity contribution in [1.82, 2.24) is 25.8 Å². The minimum absolute atomic E-state index is 0.0495. The van der Waals surface area contributed by atoms with Crippen LogP contribution in [0, 0.1) is 0 Å². The summed E-state index contributed by atoms with van der Waals surface area (Å²) in [5.74, 6) is 0.139. The van der Waals surface area contributed by atoms with E-state index in [9.17, 15) is 14.4 Å². The Bertz CT molecular complexity index is 1370. The van der Waals surface area contributed by atoms with Crippen molar-refractivity contribution in [3.8, 4) is 5.75 Å². The van der Waals surface area contributed by atoms with Crippen LogP contribution in [-0.2, 0) is 22.4 Å². The molecule has 0 aliphatic heterocycles. The number of hydrogen-bond acceptors (Lipinski definition) is 5. The Morgan fingerprint density at radius 2 is 1.91 bits per heavy atom. The average Bonchev–Trinajstić information content (AvgIpc) is 3.23. The first kappa shape index (κ1) is 22.1. The smallest absolute Gasteiger partial charge is 0.272 e. The molecule has 2 aromatic heterocycles. The molecular formula is C24H25N5O4. The van der Waals surface area contributed by atoms with Crippen LogP contribution in [0.4, 0.5) is 0 Å². The molecule has 0 fully saturated rings. The lowest BCUT2D eigenvalue weighted by Gasteiger charge is -2.14. The molecule has 1 atom stereocenters. The fraction of sp³-hybridized carbons (Fsp3) is 0.250. The van der Waals surface area contributed by atoms with Gasteiger partial charge in [0.2, 0.25) is 11.8 Å². The van der Waals surface area contributed by atoms with Gasteiger partial charge >= 0.3 is 0 Å². The van der Waals surface area contributed by atoms with Crippen molar-refractivity contribution in [2.45, 2.75) is 25.8 Å². The van der Waals surface area contributed by atoms with E-state index in [1.165, 1.54) is 0 Å². The Balaban J connectivity index is 1.31. The maximum atomic E-state index is 12.5. The molecular weight excluding hydrogens is 422 g/mol. The molecule has 9 heteroatoms. The van der Waals surface area contributed by atoms with Gasteiger partial charge < -0.3 is 20.4 Å². The van der Waals surface area contributed by atoms with Crippen molar-refractivity contribution in [3.63, 3.8) is 0 Å². The van der Waals surface area contributed by atoms with Crippen LogP contribution in [0.3, 0.4) is 0 Å². The lowest BCUT2D eigenvalue weighted by atomic mass is 10.1. The van der Waals surface area contributed by atoms with Gasteiger partial charge in [0.05, 0.1) is 24.6 Å². The summed E-state index contributed by atoms with van der Waals surface area (Å²) in [6, 6.07) is 12.0. The summed E-state index contributed by atoms with van der Waals surface area (Å²) in [5.41, 5.74) is 2.21. The summed E-state index contributed by atoms with van der Waals surface area (Å²) in [6.07, 6.45) is 2.50. The van der Waals surface area contributed by atoms with Crippen LogP contribution >= 0.6 is 0 Å². The van der Waals surface area contributed by atoms with E-state index in [0.29, 0.717) is 29.4 Å². The van der Waals surface area contributed by atoms with Gasteiger partial charge in [0.25, 0.3) is 5.56 Å². The number of aromatic nitrogens is 3. The van der Waals surface area contributed by atoms with Gasteiger partial charge in [-0.2, -0.15) is 5.10 Å². The summed E-state index contributed by atoms with van der Waals surface area (Å²) in [5, 5.41) is 14.1. The van der Waals surface area contributed by atoms with Gasteiger partial charge in [0, 0.05) is 29.0 Å². The second-order valence-corrected chi connectivity index (χ2v) is 7.78. The number of methoxy groups -OCH3 is 1. The largest absolute Gasteiger partial charge is 0.497 e. The maximum absolute atomic E-state index is 12.5. The maximum Gasteiger partial charge on any atom is 0.272 e.